The maximum atomic E-state index is 4.63. The van der Waals surface area contributed by atoms with Crippen molar-refractivity contribution in [3.05, 3.63) is 11.4 Å². The molecule has 0 radical (unpaired) electrons. The third-order valence-electron chi connectivity index (χ3n) is 3.36. The van der Waals surface area contributed by atoms with E-state index in [1.165, 1.54) is 17.9 Å². The molecule has 1 aliphatic heterocycles. The maximum Gasteiger partial charge on any atom is 0.137 e. The van der Waals surface area contributed by atoms with Crippen molar-refractivity contribution in [3.8, 4) is 0 Å². The molecule has 0 aromatic carbocycles. The molecular weight excluding hydrogens is 244 g/mol. The van der Waals surface area contributed by atoms with E-state index in [0.29, 0.717) is 6.04 Å². The highest BCUT2D eigenvalue weighted by Gasteiger charge is 2.23. The van der Waals surface area contributed by atoms with Crippen LogP contribution < -0.4 is 10.2 Å². The van der Waals surface area contributed by atoms with E-state index in [9.17, 15) is 0 Å². The summed E-state index contributed by atoms with van der Waals surface area (Å²) in [5.74, 6) is 5.35. The Kier molecular flexibility index (Phi) is 4.32. The van der Waals surface area contributed by atoms with Crippen molar-refractivity contribution in [3.63, 3.8) is 0 Å². The number of nitrogens with zero attached hydrogens (tertiary/aromatic N) is 3. The summed E-state index contributed by atoms with van der Waals surface area (Å²) in [5.41, 5.74) is 1.15. The Bertz CT molecular complexity index is 416. The predicted octanol–water partition coefficient (Wildman–Crippen LogP) is 2.47. The van der Waals surface area contributed by atoms with Crippen LogP contribution in [0.15, 0.2) is 0 Å². The van der Waals surface area contributed by atoms with Gasteiger partial charge in [0.1, 0.15) is 17.5 Å². The molecule has 1 unspecified atom stereocenters. The summed E-state index contributed by atoms with van der Waals surface area (Å²) in [7, 11) is 2.15. The normalized spacial score (nSPS) is 19.0. The largest absolute Gasteiger partial charge is 0.370 e. The van der Waals surface area contributed by atoms with Gasteiger partial charge in [-0.2, -0.15) is 11.8 Å². The molecule has 2 rings (SSSR count). The van der Waals surface area contributed by atoms with Gasteiger partial charge in [0.15, 0.2) is 0 Å². The van der Waals surface area contributed by atoms with Crippen molar-refractivity contribution in [2.24, 2.45) is 0 Å². The summed E-state index contributed by atoms with van der Waals surface area (Å²) in [5, 5.41) is 3.32. The van der Waals surface area contributed by atoms with Crippen molar-refractivity contribution in [2.75, 3.05) is 35.3 Å². The molecule has 100 valence electrons. The average molecular weight is 266 g/mol. The van der Waals surface area contributed by atoms with E-state index in [0.717, 1.165) is 29.6 Å². The summed E-state index contributed by atoms with van der Waals surface area (Å²) in [4.78, 5) is 11.4. The Morgan fingerprint density at radius 3 is 2.78 bits per heavy atom. The number of anilines is 2. The van der Waals surface area contributed by atoms with Crippen molar-refractivity contribution < 1.29 is 0 Å². The van der Waals surface area contributed by atoms with Gasteiger partial charge in [-0.3, -0.25) is 0 Å². The van der Waals surface area contributed by atoms with E-state index in [4.69, 9.17) is 0 Å². The topological polar surface area (TPSA) is 41.1 Å². The highest BCUT2D eigenvalue weighted by molar-refractivity contribution is 7.99. The van der Waals surface area contributed by atoms with Gasteiger partial charge in [-0.05, 0) is 32.9 Å². The number of aromatic nitrogens is 2. The molecule has 2 heterocycles. The SMILES string of the molecule is CCNc1nc(C)nc(N(C)C2CCSC2)c1C. The maximum absolute atomic E-state index is 4.63. The number of thioether (sulfide) groups is 1. The molecule has 4 nitrogen and oxygen atoms in total. The highest BCUT2D eigenvalue weighted by atomic mass is 32.2. The van der Waals surface area contributed by atoms with Crippen molar-refractivity contribution >= 4 is 23.4 Å². The summed E-state index contributed by atoms with van der Waals surface area (Å²) < 4.78 is 0. The van der Waals surface area contributed by atoms with Gasteiger partial charge in [0.2, 0.25) is 0 Å². The van der Waals surface area contributed by atoms with Crippen LogP contribution in [-0.4, -0.2) is 41.1 Å². The fourth-order valence-electron chi connectivity index (χ4n) is 2.30. The second kappa shape index (κ2) is 5.78. The second-order valence-electron chi connectivity index (χ2n) is 4.73. The van der Waals surface area contributed by atoms with E-state index in [1.807, 2.05) is 18.7 Å². The molecule has 0 spiro atoms. The Morgan fingerprint density at radius 2 is 2.17 bits per heavy atom. The molecular formula is C13H22N4S. The summed E-state index contributed by atoms with van der Waals surface area (Å²) >= 11 is 2.03. The van der Waals surface area contributed by atoms with E-state index in [-0.39, 0.29) is 0 Å². The Morgan fingerprint density at radius 1 is 1.39 bits per heavy atom. The fourth-order valence-corrected chi connectivity index (χ4v) is 3.56. The van der Waals surface area contributed by atoms with Gasteiger partial charge in [0.05, 0.1) is 0 Å². The van der Waals surface area contributed by atoms with Crippen LogP contribution in [-0.2, 0) is 0 Å². The highest BCUT2D eigenvalue weighted by Crippen LogP contribution is 2.29. The fraction of sp³-hybridized carbons (Fsp3) is 0.692. The molecule has 0 bridgehead atoms. The number of aryl methyl sites for hydroxylation is 1. The minimum Gasteiger partial charge on any atom is -0.370 e. The summed E-state index contributed by atoms with van der Waals surface area (Å²) in [6.45, 7) is 7.04. The minimum atomic E-state index is 0.609. The van der Waals surface area contributed by atoms with Gasteiger partial charge in [-0.1, -0.05) is 0 Å². The van der Waals surface area contributed by atoms with Crippen molar-refractivity contribution in [2.45, 2.75) is 33.2 Å². The molecule has 1 aliphatic rings. The lowest BCUT2D eigenvalue weighted by Gasteiger charge is -2.27. The lowest BCUT2D eigenvalue weighted by atomic mass is 10.2. The monoisotopic (exact) mass is 266 g/mol. The lowest BCUT2D eigenvalue weighted by molar-refractivity contribution is 0.686. The predicted molar refractivity (Wildman–Crippen MR) is 79.8 cm³/mol. The van der Waals surface area contributed by atoms with Crippen LogP contribution in [0.5, 0.6) is 0 Å². The number of hydrogen-bond donors (Lipinski definition) is 1. The first-order chi connectivity index (χ1) is 8.63. The zero-order valence-electron chi connectivity index (χ0n) is 11.7. The van der Waals surface area contributed by atoms with Crippen LogP contribution in [0.2, 0.25) is 0 Å². The van der Waals surface area contributed by atoms with Gasteiger partial charge >= 0.3 is 0 Å². The van der Waals surface area contributed by atoms with Crippen molar-refractivity contribution in [1.29, 1.82) is 0 Å². The van der Waals surface area contributed by atoms with Crippen LogP contribution in [0.25, 0.3) is 0 Å². The Hall–Kier alpha value is -0.970. The molecule has 0 amide bonds. The quantitative estimate of drug-likeness (QED) is 0.906. The van der Waals surface area contributed by atoms with E-state index in [2.05, 4.69) is 41.1 Å². The molecule has 1 saturated heterocycles. The smallest absolute Gasteiger partial charge is 0.137 e. The molecule has 5 heteroatoms. The number of rotatable bonds is 4. The number of hydrogen-bond acceptors (Lipinski definition) is 5. The van der Waals surface area contributed by atoms with Gasteiger partial charge in [-0.25, -0.2) is 9.97 Å². The van der Waals surface area contributed by atoms with Crippen molar-refractivity contribution in [1.82, 2.24) is 9.97 Å². The first-order valence-corrected chi connectivity index (χ1v) is 7.68. The van der Waals surface area contributed by atoms with E-state index in [1.54, 1.807) is 0 Å². The minimum absolute atomic E-state index is 0.609. The van der Waals surface area contributed by atoms with Crippen LogP contribution in [0.4, 0.5) is 11.6 Å². The zero-order valence-corrected chi connectivity index (χ0v) is 12.5. The first kappa shape index (κ1) is 13.5. The van der Waals surface area contributed by atoms with Gasteiger partial charge in [-0.15, -0.1) is 0 Å². The van der Waals surface area contributed by atoms with Crippen LogP contribution in [0, 0.1) is 13.8 Å². The molecule has 0 saturated carbocycles. The van der Waals surface area contributed by atoms with Crippen LogP contribution in [0.3, 0.4) is 0 Å². The number of nitrogens with one attached hydrogen (secondary N) is 1. The summed E-state index contributed by atoms with van der Waals surface area (Å²) in [6, 6.07) is 0.609. The Labute approximate surface area is 114 Å². The molecule has 1 aromatic rings. The molecule has 1 atom stereocenters. The van der Waals surface area contributed by atoms with Gasteiger partial charge in [0.25, 0.3) is 0 Å². The second-order valence-corrected chi connectivity index (χ2v) is 5.88. The third-order valence-corrected chi connectivity index (χ3v) is 4.51. The molecule has 0 aliphatic carbocycles. The molecule has 1 N–H and O–H groups in total. The Balaban J connectivity index is 2.30. The molecule has 18 heavy (non-hydrogen) atoms. The molecule has 1 fully saturated rings. The van der Waals surface area contributed by atoms with Crippen LogP contribution >= 0.6 is 11.8 Å². The lowest BCUT2D eigenvalue weighted by Crippen LogP contribution is -2.33. The van der Waals surface area contributed by atoms with Gasteiger partial charge in [0, 0.05) is 31.0 Å². The summed E-state index contributed by atoms with van der Waals surface area (Å²) in [6.07, 6.45) is 1.25. The van der Waals surface area contributed by atoms with E-state index < -0.39 is 0 Å². The molecule has 1 aromatic heterocycles. The standard InChI is InChI=1S/C13H22N4S/c1-5-14-12-9(2)13(16-10(3)15-12)17(4)11-6-7-18-8-11/h11H,5-8H2,1-4H3,(H,14,15,16). The first-order valence-electron chi connectivity index (χ1n) is 6.53. The average Bonchev–Trinajstić information content (AvgIpc) is 2.86. The van der Waals surface area contributed by atoms with Crippen LogP contribution in [0.1, 0.15) is 24.7 Å². The third kappa shape index (κ3) is 2.71. The van der Waals surface area contributed by atoms with Gasteiger partial charge < -0.3 is 10.2 Å². The van der Waals surface area contributed by atoms with E-state index >= 15 is 0 Å². The zero-order chi connectivity index (χ0) is 13.1.